The van der Waals surface area contributed by atoms with Gasteiger partial charge in [0.15, 0.2) is 14.9 Å². The molecule has 0 radical (unpaired) electrons. The number of sulfone groups is 1. The van der Waals surface area contributed by atoms with Gasteiger partial charge in [-0.1, -0.05) is 0 Å². The summed E-state index contributed by atoms with van der Waals surface area (Å²) in [7, 11) is -2.11. The van der Waals surface area contributed by atoms with Crippen molar-refractivity contribution in [2.45, 2.75) is 5.03 Å². The number of hydrogen-bond acceptors (Lipinski definition) is 5. The molecule has 0 aliphatic rings. The van der Waals surface area contributed by atoms with Crippen LogP contribution < -0.4 is 4.74 Å². The van der Waals surface area contributed by atoms with Crippen LogP contribution in [-0.2, 0) is 9.84 Å². The molecule has 0 bridgehead atoms. The van der Waals surface area contributed by atoms with Crippen molar-refractivity contribution in [3.8, 4) is 5.75 Å². The molecule has 0 saturated carbocycles. The van der Waals surface area contributed by atoms with Gasteiger partial charge in [-0.05, 0) is 24.3 Å². The number of carbonyl (C=O) groups is 1. The van der Waals surface area contributed by atoms with Gasteiger partial charge in [0, 0.05) is 11.6 Å². The molecule has 1 aromatic carbocycles. The Morgan fingerprint density at radius 2 is 2.00 bits per heavy atom. The van der Waals surface area contributed by atoms with Crippen LogP contribution in [-0.4, -0.2) is 37.8 Å². The van der Waals surface area contributed by atoms with Crippen LogP contribution in [0.1, 0.15) is 10.4 Å². The number of aromatic carboxylic acids is 1. The summed E-state index contributed by atoms with van der Waals surface area (Å²) in [5.41, 5.74) is 0.172. The fourth-order valence-corrected chi connectivity index (χ4v) is 2.27. The lowest BCUT2D eigenvalue weighted by Gasteiger charge is -2.07. The first-order valence-corrected chi connectivity index (χ1v) is 7.14. The second-order valence-electron chi connectivity index (χ2n) is 3.97. The van der Waals surface area contributed by atoms with E-state index in [1.807, 2.05) is 0 Å². The Morgan fingerprint density at radius 1 is 1.32 bits per heavy atom. The van der Waals surface area contributed by atoms with Crippen LogP contribution >= 0.6 is 0 Å². The van der Waals surface area contributed by atoms with Gasteiger partial charge in [-0.25, -0.2) is 18.2 Å². The fourth-order valence-electron chi connectivity index (χ4n) is 1.67. The summed E-state index contributed by atoms with van der Waals surface area (Å²) in [6, 6.07) is 5.68. The lowest BCUT2D eigenvalue weighted by Crippen LogP contribution is -2.06. The quantitative estimate of drug-likeness (QED) is 0.912. The molecule has 19 heavy (non-hydrogen) atoms. The maximum absolute atomic E-state index is 11.5. The van der Waals surface area contributed by atoms with Crippen molar-refractivity contribution in [1.82, 2.24) is 4.98 Å². The van der Waals surface area contributed by atoms with Gasteiger partial charge in [0.25, 0.3) is 0 Å². The van der Waals surface area contributed by atoms with Crippen molar-refractivity contribution in [2.24, 2.45) is 0 Å². The lowest BCUT2D eigenvalue weighted by molar-refractivity contribution is 0.0698. The molecule has 0 atom stereocenters. The van der Waals surface area contributed by atoms with Crippen LogP contribution in [0.25, 0.3) is 10.9 Å². The molecule has 2 aromatic rings. The molecule has 0 spiro atoms. The highest BCUT2D eigenvalue weighted by Crippen LogP contribution is 2.25. The molecular weight excluding hydrogens is 270 g/mol. The molecule has 7 heteroatoms. The molecule has 0 aliphatic heterocycles. The normalized spacial score (nSPS) is 11.5. The third-order valence-corrected chi connectivity index (χ3v) is 3.57. The predicted octanol–water partition coefficient (Wildman–Crippen LogP) is 1.35. The molecule has 2 rings (SSSR count). The third kappa shape index (κ3) is 2.50. The summed E-state index contributed by atoms with van der Waals surface area (Å²) in [4.78, 5) is 15.2. The molecule has 0 amide bonds. The minimum atomic E-state index is -3.57. The van der Waals surface area contributed by atoms with Crippen molar-refractivity contribution >= 4 is 26.7 Å². The third-order valence-electron chi connectivity index (χ3n) is 2.60. The van der Waals surface area contributed by atoms with E-state index < -0.39 is 15.8 Å². The van der Waals surface area contributed by atoms with Crippen LogP contribution in [0.5, 0.6) is 5.75 Å². The summed E-state index contributed by atoms with van der Waals surface area (Å²) in [6.07, 6.45) is 0.982. The van der Waals surface area contributed by atoms with Gasteiger partial charge in [0.2, 0.25) is 0 Å². The Morgan fingerprint density at radius 3 is 2.53 bits per heavy atom. The second kappa shape index (κ2) is 4.51. The minimum Gasteiger partial charge on any atom is -0.497 e. The fraction of sp³-hybridized carbons (Fsp3) is 0.167. The number of carboxylic acids is 1. The number of ether oxygens (including phenoxy) is 1. The second-order valence-corrected chi connectivity index (χ2v) is 5.93. The topological polar surface area (TPSA) is 93.6 Å². The zero-order chi connectivity index (χ0) is 14.2. The van der Waals surface area contributed by atoms with Crippen molar-refractivity contribution in [3.63, 3.8) is 0 Å². The molecule has 100 valence electrons. The Balaban J connectivity index is 2.87. The van der Waals surface area contributed by atoms with Crippen LogP contribution in [0.15, 0.2) is 29.3 Å². The van der Waals surface area contributed by atoms with Crippen molar-refractivity contribution in [3.05, 3.63) is 29.8 Å². The smallest absolute Gasteiger partial charge is 0.336 e. The highest BCUT2D eigenvalue weighted by atomic mass is 32.2. The summed E-state index contributed by atoms with van der Waals surface area (Å²) < 4.78 is 28.0. The molecule has 1 heterocycles. The maximum atomic E-state index is 11.5. The number of aromatic nitrogens is 1. The van der Waals surface area contributed by atoms with Gasteiger partial charge in [-0.3, -0.25) is 0 Å². The van der Waals surface area contributed by atoms with Crippen LogP contribution in [0, 0.1) is 0 Å². The van der Waals surface area contributed by atoms with Crippen molar-refractivity contribution < 1.29 is 23.1 Å². The number of rotatable bonds is 3. The number of fused-ring (bicyclic) bond motifs is 1. The van der Waals surface area contributed by atoms with E-state index in [1.54, 1.807) is 6.07 Å². The first-order chi connectivity index (χ1) is 8.82. The Hall–Kier alpha value is -2.15. The van der Waals surface area contributed by atoms with Crippen molar-refractivity contribution in [1.29, 1.82) is 0 Å². The largest absolute Gasteiger partial charge is 0.497 e. The summed E-state index contributed by atoms with van der Waals surface area (Å²) in [5.74, 6) is -0.741. The summed E-state index contributed by atoms with van der Waals surface area (Å²) >= 11 is 0. The van der Waals surface area contributed by atoms with E-state index in [0.29, 0.717) is 16.7 Å². The van der Waals surface area contributed by atoms with Crippen LogP contribution in [0.3, 0.4) is 0 Å². The molecule has 0 fully saturated rings. The molecular formula is C12H11NO5S. The molecule has 1 N–H and O–H groups in total. The zero-order valence-corrected chi connectivity index (χ0v) is 11.1. The summed E-state index contributed by atoms with van der Waals surface area (Å²) in [6.45, 7) is 0. The van der Waals surface area contributed by atoms with Crippen molar-refractivity contribution in [2.75, 3.05) is 13.4 Å². The molecule has 0 aliphatic carbocycles. The number of hydrogen-bond donors (Lipinski definition) is 1. The molecule has 6 nitrogen and oxygen atoms in total. The maximum Gasteiger partial charge on any atom is 0.336 e. The Kier molecular flexibility index (Phi) is 3.15. The number of nitrogens with zero attached hydrogens (tertiary/aromatic N) is 1. The number of benzene rings is 1. The van der Waals surface area contributed by atoms with Crippen LogP contribution in [0.4, 0.5) is 0 Å². The van der Waals surface area contributed by atoms with Gasteiger partial charge in [0.05, 0.1) is 18.2 Å². The van der Waals surface area contributed by atoms with Crippen LogP contribution in [0.2, 0.25) is 0 Å². The van der Waals surface area contributed by atoms with E-state index in [9.17, 15) is 18.3 Å². The van der Waals surface area contributed by atoms with Gasteiger partial charge < -0.3 is 9.84 Å². The first-order valence-electron chi connectivity index (χ1n) is 5.25. The van der Waals surface area contributed by atoms with E-state index in [1.165, 1.54) is 19.2 Å². The number of pyridine rings is 1. The Labute approximate surface area is 109 Å². The average Bonchev–Trinajstić information content (AvgIpc) is 2.35. The van der Waals surface area contributed by atoms with Gasteiger partial charge in [-0.2, -0.15) is 0 Å². The highest BCUT2D eigenvalue weighted by Gasteiger charge is 2.17. The predicted molar refractivity (Wildman–Crippen MR) is 68.4 cm³/mol. The van der Waals surface area contributed by atoms with E-state index in [2.05, 4.69) is 4.98 Å². The summed E-state index contributed by atoms with van der Waals surface area (Å²) in [5, 5.41) is 9.24. The first kappa shape index (κ1) is 13.3. The van der Waals surface area contributed by atoms with E-state index in [0.717, 1.165) is 12.3 Å². The molecule has 0 unspecified atom stereocenters. The van der Waals surface area contributed by atoms with Gasteiger partial charge in [-0.15, -0.1) is 0 Å². The minimum absolute atomic E-state index is 0.121. The zero-order valence-electron chi connectivity index (χ0n) is 10.2. The Bertz CT molecular complexity index is 767. The van der Waals surface area contributed by atoms with Gasteiger partial charge >= 0.3 is 5.97 Å². The van der Waals surface area contributed by atoms with E-state index in [-0.39, 0.29) is 10.6 Å². The highest BCUT2D eigenvalue weighted by molar-refractivity contribution is 7.90. The van der Waals surface area contributed by atoms with E-state index >= 15 is 0 Å². The monoisotopic (exact) mass is 281 g/mol. The number of carboxylic acid groups (broad SMARTS) is 1. The molecule has 1 aromatic heterocycles. The standard InChI is InChI=1S/C12H11NO5S/c1-18-7-3-4-10-8(5-7)9(12(14)15)6-11(13-10)19(2,16)17/h3-6H,1-2H3,(H,14,15). The SMILES string of the molecule is COc1ccc2nc(S(C)(=O)=O)cc(C(=O)O)c2c1. The van der Waals surface area contributed by atoms with E-state index in [4.69, 9.17) is 4.74 Å². The number of methoxy groups -OCH3 is 1. The van der Waals surface area contributed by atoms with Gasteiger partial charge in [0.1, 0.15) is 5.75 Å². The molecule has 0 saturated heterocycles. The lowest BCUT2D eigenvalue weighted by atomic mass is 10.1. The average molecular weight is 281 g/mol.